The van der Waals surface area contributed by atoms with Gasteiger partial charge >= 0.3 is 0 Å². The molecule has 5 N–H and O–H groups in total. The van der Waals surface area contributed by atoms with Gasteiger partial charge in [0.1, 0.15) is 0 Å². The molecule has 1 heterocycles. The van der Waals surface area contributed by atoms with Gasteiger partial charge in [-0.2, -0.15) is 0 Å². The molecule has 1 aromatic heterocycles. The molecular weight excluding hydrogens is 250 g/mol. The van der Waals surface area contributed by atoms with Crippen molar-refractivity contribution in [3.63, 3.8) is 0 Å². The Morgan fingerprint density at radius 3 is 3.00 bits per heavy atom. The predicted octanol–water partition coefficient (Wildman–Crippen LogP) is -1.64. The molecule has 0 aliphatic carbocycles. The molecule has 10 heteroatoms. The van der Waals surface area contributed by atoms with Gasteiger partial charge in [0.2, 0.25) is 5.91 Å². The van der Waals surface area contributed by atoms with Gasteiger partial charge in [-0.25, -0.2) is 4.63 Å². The lowest BCUT2D eigenvalue weighted by molar-refractivity contribution is -0.118. The lowest BCUT2D eigenvalue weighted by Gasteiger charge is -2.01. The summed E-state index contributed by atoms with van der Waals surface area (Å²) in [5.41, 5.74) is 5.39. The minimum absolute atomic E-state index is 0.0555. The Morgan fingerprint density at radius 1 is 1.59 bits per heavy atom. The highest BCUT2D eigenvalue weighted by Crippen LogP contribution is 2.18. The SMILES string of the molecule is N/C(=N/O)c1nonc1SCC(=O)NCCO. The number of aromatic nitrogens is 2. The Bertz CT molecular complexity index is 407. The maximum Gasteiger partial charge on any atom is 0.230 e. The number of hydrogen-bond acceptors (Lipinski definition) is 8. The first kappa shape index (κ1) is 13.3. The lowest BCUT2D eigenvalue weighted by atomic mass is 10.4. The molecule has 17 heavy (non-hydrogen) atoms. The first-order chi connectivity index (χ1) is 8.19. The molecule has 0 unspecified atom stereocenters. The van der Waals surface area contributed by atoms with Crippen LogP contribution in [0.25, 0.3) is 0 Å². The number of thioether (sulfide) groups is 1. The second kappa shape index (κ2) is 6.70. The van der Waals surface area contributed by atoms with E-state index in [1.54, 1.807) is 0 Å². The number of amides is 1. The van der Waals surface area contributed by atoms with Crippen LogP contribution < -0.4 is 11.1 Å². The van der Waals surface area contributed by atoms with E-state index >= 15 is 0 Å². The van der Waals surface area contributed by atoms with Crippen molar-refractivity contribution in [2.75, 3.05) is 18.9 Å². The number of nitrogens with zero attached hydrogens (tertiary/aromatic N) is 3. The van der Waals surface area contributed by atoms with Gasteiger partial charge in [-0.1, -0.05) is 16.9 Å². The average molecular weight is 261 g/mol. The summed E-state index contributed by atoms with van der Waals surface area (Å²) in [6.45, 7) is 0.0564. The maximum absolute atomic E-state index is 11.2. The lowest BCUT2D eigenvalue weighted by Crippen LogP contribution is -2.28. The molecule has 0 aromatic carbocycles. The fraction of sp³-hybridized carbons (Fsp3) is 0.429. The van der Waals surface area contributed by atoms with Gasteiger partial charge in [0, 0.05) is 6.54 Å². The van der Waals surface area contributed by atoms with Crippen molar-refractivity contribution in [3.8, 4) is 0 Å². The quantitative estimate of drug-likeness (QED) is 0.157. The third-order valence-electron chi connectivity index (χ3n) is 1.58. The van der Waals surface area contributed by atoms with Crippen LogP contribution in [-0.2, 0) is 4.79 Å². The van der Waals surface area contributed by atoms with Crippen LogP contribution in [0.1, 0.15) is 5.69 Å². The van der Waals surface area contributed by atoms with E-state index in [-0.39, 0.29) is 41.4 Å². The number of amidine groups is 1. The molecule has 0 fully saturated rings. The summed E-state index contributed by atoms with van der Waals surface area (Å²) in [6.07, 6.45) is 0. The Balaban J connectivity index is 2.52. The number of carbonyl (C=O) groups is 1. The highest BCUT2D eigenvalue weighted by atomic mass is 32.2. The molecule has 0 bridgehead atoms. The van der Waals surface area contributed by atoms with Crippen molar-refractivity contribution in [1.29, 1.82) is 0 Å². The highest BCUT2D eigenvalue weighted by molar-refractivity contribution is 8.00. The number of rotatable bonds is 6. The van der Waals surface area contributed by atoms with Crippen LogP contribution in [0.4, 0.5) is 0 Å². The third-order valence-corrected chi connectivity index (χ3v) is 2.53. The van der Waals surface area contributed by atoms with Gasteiger partial charge in [-0.05, 0) is 10.3 Å². The van der Waals surface area contributed by atoms with E-state index in [2.05, 4.69) is 25.4 Å². The number of aliphatic hydroxyl groups is 1. The average Bonchev–Trinajstić information content (AvgIpc) is 2.81. The van der Waals surface area contributed by atoms with Crippen molar-refractivity contribution >= 4 is 23.5 Å². The van der Waals surface area contributed by atoms with Crippen molar-refractivity contribution in [3.05, 3.63) is 5.69 Å². The highest BCUT2D eigenvalue weighted by Gasteiger charge is 2.16. The molecule has 0 radical (unpaired) electrons. The first-order valence-electron chi connectivity index (χ1n) is 4.49. The summed E-state index contributed by atoms with van der Waals surface area (Å²) in [5, 5.41) is 29.4. The third kappa shape index (κ3) is 3.92. The van der Waals surface area contributed by atoms with E-state index in [4.69, 9.17) is 16.0 Å². The number of nitrogens with one attached hydrogen (secondary N) is 1. The molecule has 94 valence electrons. The molecule has 1 amide bonds. The van der Waals surface area contributed by atoms with Crippen LogP contribution in [0.2, 0.25) is 0 Å². The number of carbonyl (C=O) groups excluding carboxylic acids is 1. The van der Waals surface area contributed by atoms with Crippen LogP contribution >= 0.6 is 11.8 Å². The fourth-order valence-corrected chi connectivity index (χ4v) is 1.59. The summed E-state index contributed by atoms with van der Waals surface area (Å²) in [4.78, 5) is 11.2. The van der Waals surface area contributed by atoms with Gasteiger partial charge in [-0.3, -0.25) is 4.79 Å². The zero-order chi connectivity index (χ0) is 12.7. The Hall–Kier alpha value is -1.81. The van der Waals surface area contributed by atoms with Crippen LogP contribution in [0.3, 0.4) is 0 Å². The molecule has 1 aromatic rings. The van der Waals surface area contributed by atoms with E-state index in [0.29, 0.717) is 0 Å². The van der Waals surface area contributed by atoms with Crippen molar-refractivity contribution in [2.24, 2.45) is 10.9 Å². The summed E-state index contributed by atoms with van der Waals surface area (Å²) >= 11 is 1.02. The summed E-state index contributed by atoms with van der Waals surface area (Å²) in [6, 6.07) is 0. The molecule has 0 atom stereocenters. The molecule has 9 nitrogen and oxygen atoms in total. The van der Waals surface area contributed by atoms with E-state index < -0.39 is 0 Å². The molecule has 0 saturated carbocycles. The number of aliphatic hydroxyl groups excluding tert-OH is 1. The van der Waals surface area contributed by atoms with E-state index in [1.165, 1.54) is 0 Å². The molecule has 0 saturated heterocycles. The topological polar surface area (TPSA) is 147 Å². The molecule has 1 rings (SSSR count). The number of oxime groups is 1. The maximum atomic E-state index is 11.2. The number of nitrogens with two attached hydrogens (primary N) is 1. The van der Waals surface area contributed by atoms with Crippen LogP contribution in [0.5, 0.6) is 0 Å². The molecular formula is C7H11N5O4S. The minimum Gasteiger partial charge on any atom is -0.409 e. The van der Waals surface area contributed by atoms with Crippen LogP contribution in [-0.4, -0.2) is 51.3 Å². The van der Waals surface area contributed by atoms with Crippen molar-refractivity contribution in [2.45, 2.75) is 5.03 Å². The van der Waals surface area contributed by atoms with Crippen LogP contribution in [0, 0.1) is 0 Å². The van der Waals surface area contributed by atoms with E-state index in [9.17, 15) is 4.79 Å². The van der Waals surface area contributed by atoms with Gasteiger partial charge < -0.3 is 21.4 Å². The Kier molecular flexibility index (Phi) is 5.23. The van der Waals surface area contributed by atoms with Crippen molar-refractivity contribution < 1.29 is 19.7 Å². The summed E-state index contributed by atoms with van der Waals surface area (Å²) in [7, 11) is 0. The minimum atomic E-state index is -0.280. The van der Waals surface area contributed by atoms with Gasteiger partial charge in [0.05, 0.1) is 12.4 Å². The summed E-state index contributed by atoms with van der Waals surface area (Å²) in [5.74, 6) is -0.470. The van der Waals surface area contributed by atoms with E-state index in [1.807, 2.05) is 0 Å². The monoisotopic (exact) mass is 261 g/mol. The Labute approximate surface area is 100 Å². The van der Waals surface area contributed by atoms with Gasteiger partial charge in [0.15, 0.2) is 16.6 Å². The predicted molar refractivity (Wildman–Crippen MR) is 57.6 cm³/mol. The van der Waals surface area contributed by atoms with Gasteiger partial charge in [-0.15, -0.1) is 0 Å². The molecule has 0 aliphatic rings. The largest absolute Gasteiger partial charge is 0.409 e. The van der Waals surface area contributed by atoms with Crippen molar-refractivity contribution in [1.82, 2.24) is 15.6 Å². The second-order valence-corrected chi connectivity index (χ2v) is 3.73. The smallest absolute Gasteiger partial charge is 0.230 e. The summed E-state index contributed by atoms with van der Waals surface area (Å²) < 4.78 is 4.42. The standard InChI is InChI=1S/C7H11N5O4S/c8-6(10-15)5-7(12-16-11-5)17-3-4(14)9-1-2-13/h13,15H,1-3H2,(H2,8,10)(H,9,14). The second-order valence-electron chi connectivity index (χ2n) is 2.77. The Morgan fingerprint density at radius 2 is 2.35 bits per heavy atom. The zero-order valence-electron chi connectivity index (χ0n) is 8.66. The molecule has 0 aliphatic heterocycles. The normalized spacial score (nSPS) is 11.5. The molecule has 0 spiro atoms. The first-order valence-corrected chi connectivity index (χ1v) is 5.48. The van der Waals surface area contributed by atoms with Crippen LogP contribution in [0.15, 0.2) is 14.8 Å². The van der Waals surface area contributed by atoms with E-state index in [0.717, 1.165) is 11.8 Å². The number of hydrogen-bond donors (Lipinski definition) is 4. The zero-order valence-corrected chi connectivity index (χ0v) is 9.48. The fourth-order valence-electron chi connectivity index (χ4n) is 0.859. The van der Waals surface area contributed by atoms with Gasteiger partial charge in [0.25, 0.3) is 0 Å².